The van der Waals surface area contributed by atoms with Crippen LogP contribution in [0.5, 0.6) is 5.75 Å². The molecular formula is C23H30N4O15P2-2. The van der Waals surface area contributed by atoms with Gasteiger partial charge in [-0.25, -0.2) is 4.79 Å². The Morgan fingerprint density at radius 3 is 2.48 bits per heavy atom. The Labute approximate surface area is 248 Å². The molecule has 4 rings (SSSR count). The van der Waals surface area contributed by atoms with E-state index in [-0.39, 0.29) is 11.6 Å². The Kier molecular flexibility index (Phi) is 10.6. The molecule has 5 unspecified atom stereocenters. The summed E-state index contributed by atoms with van der Waals surface area (Å²) in [5.74, 6) is -3.21. The van der Waals surface area contributed by atoms with Crippen LogP contribution in [0.25, 0.3) is 0 Å². The van der Waals surface area contributed by atoms with E-state index in [2.05, 4.69) is 19.3 Å². The first-order valence-electron chi connectivity index (χ1n) is 12.9. The highest BCUT2D eigenvalue weighted by Crippen LogP contribution is 2.52. The molecule has 1 aromatic heterocycles. The molecule has 0 saturated carbocycles. The summed E-state index contributed by atoms with van der Waals surface area (Å²) in [5, 5.41) is 33.8. The van der Waals surface area contributed by atoms with E-state index in [0.29, 0.717) is 0 Å². The Balaban J connectivity index is 1.47. The monoisotopic (exact) mass is 664 g/mol. The Morgan fingerprint density at radius 2 is 1.86 bits per heavy atom. The van der Waals surface area contributed by atoms with Gasteiger partial charge in [0.25, 0.3) is 7.82 Å². The van der Waals surface area contributed by atoms with Gasteiger partial charge in [-0.05, 0) is 18.2 Å². The smallest absolute Gasteiger partial charge is 0.351 e. The number of amides is 1. The van der Waals surface area contributed by atoms with Crippen molar-refractivity contribution in [2.45, 2.75) is 68.3 Å². The predicted octanol–water partition coefficient (Wildman–Crippen LogP) is -3.12. The number of benzene rings is 1. The Morgan fingerprint density at radius 1 is 1.18 bits per heavy atom. The quantitative estimate of drug-likeness (QED) is 0.129. The van der Waals surface area contributed by atoms with Crippen LogP contribution in [0.15, 0.2) is 47.4 Å². The van der Waals surface area contributed by atoms with E-state index in [1.807, 2.05) is 0 Å². The SMILES string of the molecule is CC(=O)N[C@H]1C(Oc2ccccc2)O[C@@H](C(OP(=O)([O-])OC[C@H]2O[C@@H](n3ccc(N)nc3=O)C(O)[C@H]2O)P(=O)([O-])O)C[C@H]1O. The Hall–Kier alpha value is -2.77. The number of phosphoric ester groups is 1. The second-order valence-electron chi connectivity index (χ2n) is 9.89. The van der Waals surface area contributed by atoms with E-state index in [0.717, 1.165) is 17.7 Å². The zero-order valence-electron chi connectivity index (χ0n) is 22.8. The number of hydrogen-bond acceptors (Lipinski definition) is 16. The average molecular weight is 664 g/mol. The second-order valence-corrected chi connectivity index (χ2v) is 12.9. The number of aromatic nitrogens is 2. The fourth-order valence-corrected chi connectivity index (χ4v) is 6.80. The molecule has 7 N–H and O–H groups in total. The molecule has 11 atom stereocenters. The molecule has 2 saturated heterocycles. The van der Waals surface area contributed by atoms with Gasteiger partial charge < -0.3 is 68.9 Å². The van der Waals surface area contributed by atoms with Crippen molar-refractivity contribution in [2.24, 2.45) is 0 Å². The molecule has 19 nitrogen and oxygen atoms in total. The van der Waals surface area contributed by atoms with Crippen molar-refractivity contribution in [1.82, 2.24) is 14.9 Å². The van der Waals surface area contributed by atoms with E-state index in [1.165, 1.54) is 18.2 Å². The average Bonchev–Trinajstić information content (AvgIpc) is 3.21. The van der Waals surface area contributed by atoms with Gasteiger partial charge in [0, 0.05) is 19.5 Å². The first-order chi connectivity index (χ1) is 20.6. The summed E-state index contributed by atoms with van der Waals surface area (Å²) in [7, 11) is -11.4. The zero-order valence-corrected chi connectivity index (χ0v) is 24.6. The number of carbonyl (C=O) groups is 1. The highest BCUT2D eigenvalue weighted by molar-refractivity contribution is 7.52. The summed E-state index contributed by atoms with van der Waals surface area (Å²) < 4.78 is 51.7. The summed E-state index contributed by atoms with van der Waals surface area (Å²) in [4.78, 5) is 62.1. The van der Waals surface area contributed by atoms with Crippen molar-refractivity contribution in [2.75, 3.05) is 12.3 Å². The molecule has 2 aliphatic rings. The van der Waals surface area contributed by atoms with Gasteiger partial charge >= 0.3 is 5.69 Å². The minimum atomic E-state index is -5.73. The molecule has 1 aromatic carbocycles. The lowest BCUT2D eigenvalue weighted by molar-refractivity contribution is -0.256. The molecule has 44 heavy (non-hydrogen) atoms. The van der Waals surface area contributed by atoms with Gasteiger partial charge in [0.05, 0.1) is 18.8 Å². The number of anilines is 1. The first-order valence-corrected chi connectivity index (χ1v) is 16.0. The van der Waals surface area contributed by atoms with Crippen molar-refractivity contribution in [1.29, 1.82) is 0 Å². The molecule has 21 heteroatoms. The van der Waals surface area contributed by atoms with Crippen LogP contribution in [0.1, 0.15) is 19.6 Å². The van der Waals surface area contributed by atoms with Crippen LogP contribution in [0, 0.1) is 0 Å². The molecule has 0 spiro atoms. The maximum Gasteiger partial charge on any atom is 0.351 e. The first kappa shape index (κ1) is 34.1. The fraction of sp³-hybridized carbons (Fsp3) is 0.522. The molecule has 2 aliphatic heterocycles. The number of aliphatic hydroxyl groups excluding tert-OH is 3. The van der Waals surface area contributed by atoms with E-state index in [9.17, 15) is 48.7 Å². The second kappa shape index (κ2) is 13.7. The number of para-hydroxylation sites is 1. The number of nitrogen functional groups attached to an aromatic ring is 1. The molecular weight excluding hydrogens is 634 g/mol. The van der Waals surface area contributed by atoms with Crippen LogP contribution in [0.2, 0.25) is 0 Å². The molecule has 2 aromatic rings. The molecule has 0 aliphatic carbocycles. The topological polar surface area (TPSA) is 297 Å². The minimum Gasteiger partial charge on any atom is -0.777 e. The van der Waals surface area contributed by atoms with E-state index in [1.54, 1.807) is 18.2 Å². The third-order valence-electron chi connectivity index (χ3n) is 6.59. The zero-order chi connectivity index (χ0) is 32.4. The summed E-state index contributed by atoms with van der Waals surface area (Å²) in [6, 6.07) is 7.79. The summed E-state index contributed by atoms with van der Waals surface area (Å²) in [5.41, 5.74) is 4.49. The molecule has 244 valence electrons. The van der Waals surface area contributed by atoms with Crippen molar-refractivity contribution < 1.29 is 67.2 Å². The van der Waals surface area contributed by atoms with Crippen LogP contribution >= 0.6 is 15.4 Å². The number of ether oxygens (including phenoxy) is 3. The van der Waals surface area contributed by atoms with Crippen molar-refractivity contribution in [3.8, 4) is 5.75 Å². The maximum absolute atomic E-state index is 12.7. The number of hydrogen-bond donors (Lipinski definition) is 6. The standard InChI is InChI=1S/C23H32N4O15P2/c1-11(28)25-17-13(29)9-14(41-21(17)39-12-5-3-2-4-6-12)22(43(33,34)35)42-44(36,37)38-10-15-18(30)19(31)20(40-15)27-8-7-16(24)26-23(27)32/h2-8,13-15,17-22,29-31H,9-10H2,1H3,(H,25,28)(H,36,37)(H2,24,26,32)(H2,33,34,35)/p-2/t13-,14-,15-,17-,18+,19?,20-,21?,22?/m1/s1. The van der Waals surface area contributed by atoms with Gasteiger partial charge in [0.2, 0.25) is 12.2 Å². The van der Waals surface area contributed by atoms with E-state index in [4.69, 9.17) is 19.9 Å². The number of rotatable bonds is 11. The molecule has 3 heterocycles. The highest BCUT2D eigenvalue weighted by atomic mass is 31.2. The lowest BCUT2D eigenvalue weighted by Gasteiger charge is -2.44. The van der Waals surface area contributed by atoms with Crippen LogP contribution < -0.4 is 31.3 Å². The molecule has 0 radical (unpaired) electrons. The van der Waals surface area contributed by atoms with Gasteiger partial charge in [-0.3, -0.25) is 13.9 Å². The van der Waals surface area contributed by atoms with Crippen LogP contribution in [-0.2, 0) is 32.4 Å². The number of carbonyl (C=O) groups excluding carboxylic acids is 1. The van der Waals surface area contributed by atoms with Crippen LogP contribution in [0.3, 0.4) is 0 Å². The van der Waals surface area contributed by atoms with Crippen molar-refractivity contribution in [3.63, 3.8) is 0 Å². The molecule has 1 amide bonds. The van der Waals surface area contributed by atoms with E-state index < -0.39 is 95.0 Å². The van der Waals surface area contributed by atoms with Crippen molar-refractivity contribution in [3.05, 3.63) is 53.1 Å². The Bertz CT molecular complexity index is 1460. The summed E-state index contributed by atoms with van der Waals surface area (Å²) >= 11 is 0. The van der Waals surface area contributed by atoms with Gasteiger partial charge in [0.1, 0.15) is 35.9 Å². The van der Waals surface area contributed by atoms with Gasteiger partial charge in [-0.1, -0.05) is 18.2 Å². The number of nitrogens with one attached hydrogen (secondary N) is 1. The summed E-state index contributed by atoms with van der Waals surface area (Å²) in [6.07, 6.45) is -11.2. The normalized spacial score (nSPS) is 32.2. The molecule has 2 fully saturated rings. The minimum absolute atomic E-state index is 0.129. The number of aliphatic hydroxyl groups is 3. The van der Waals surface area contributed by atoms with Gasteiger partial charge in [0.15, 0.2) is 19.7 Å². The lowest BCUT2D eigenvalue weighted by Crippen LogP contribution is -2.60. The number of nitrogens with zero attached hydrogens (tertiary/aromatic N) is 2. The predicted molar refractivity (Wildman–Crippen MR) is 141 cm³/mol. The third kappa shape index (κ3) is 8.28. The summed E-state index contributed by atoms with van der Waals surface area (Å²) in [6.45, 7) is 0.110. The highest BCUT2D eigenvalue weighted by Gasteiger charge is 2.48. The van der Waals surface area contributed by atoms with E-state index >= 15 is 0 Å². The van der Waals surface area contributed by atoms with Gasteiger partial charge in [-0.2, -0.15) is 4.98 Å². The van der Waals surface area contributed by atoms with Crippen LogP contribution in [0.4, 0.5) is 5.82 Å². The molecule has 0 bridgehead atoms. The number of phosphoric acid groups is 1. The van der Waals surface area contributed by atoms with Crippen molar-refractivity contribution >= 4 is 27.1 Å². The number of nitrogens with two attached hydrogens (primary N) is 1. The van der Waals surface area contributed by atoms with Crippen LogP contribution in [-0.4, -0.2) is 91.0 Å². The largest absolute Gasteiger partial charge is 0.777 e. The fourth-order valence-electron chi connectivity index (χ4n) is 4.58. The third-order valence-corrected chi connectivity index (χ3v) is 8.79. The maximum atomic E-state index is 12.7. The lowest BCUT2D eigenvalue weighted by atomic mass is 10.00. The van der Waals surface area contributed by atoms with Gasteiger partial charge in [-0.15, -0.1) is 0 Å².